The molecule has 1 aromatic carbocycles. The standard InChI is InChI=1S/C15H18ClNO4/c1-15(2,3)21-14(20)17-7-9-4-5-10(16)6-11(9)12(8-17)13(18)19/h4-6,12H,7-8H2,1-3H3,(H,18,19). The number of carboxylic acid groups (broad SMARTS) is 1. The molecule has 6 heteroatoms. The van der Waals surface area contributed by atoms with Crippen molar-refractivity contribution in [3.05, 3.63) is 34.3 Å². The Labute approximate surface area is 128 Å². The zero-order valence-corrected chi connectivity index (χ0v) is 13.0. The number of hydrogen-bond acceptors (Lipinski definition) is 3. The third-order valence-electron chi connectivity index (χ3n) is 3.20. The van der Waals surface area contributed by atoms with Crippen molar-refractivity contribution in [1.29, 1.82) is 0 Å². The molecular formula is C15H18ClNO4. The Morgan fingerprint density at radius 3 is 2.62 bits per heavy atom. The van der Waals surface area contributed by atoms with Crippen LogP contribution < -0.4 is 0 Å². The summed E-state index contributed by atoms with van der Waals surface area (Å²) in [6, 6.07) is 5.10. The number of nitrogens with zero attached hydrogens (tertiary/aromatic N) is 1. The molecular weight excluding hydrogens is 294 g/mol. The summed E-state index contributed by atoms with van der Waals surface area (Å²) in [7, 11) is 0. The third kappa shape index (κ3) is 3.67. The zero-order chi connectivity index (χ0) is 15.8. The van der Waals surface area contributed by atoms with E-state index in [1.54, 1.807) is 39.0 Å². The average molecular weight is 312 g/mol. The van der Waals surface area contributed by atoms with E-state index < -0.39 is 23.6 Å². The SMILES string of the molecule is CC(C)(C)OC(=O)N1Cc2ccc(Cl)cc2C(C(=O)O)C1. The summed E-state index contributed by atoms with van der Waals surface area (Å²) >= 11 is 5.93. The fourth-order valence-electron chi connectivity index (χ4n) is 2.30. The maximum absolute atomic E-state index is 12.1. The molecule has 0 aliphatic carbocycles. The first-order chi connectivity index (χ1) is 9.67. The van der Waals surface area contributed by atoms with Gasteiger partial charge < -0.3 is 14.7 Å². The highest BCUT2D eigenvalue weighted by Crippen LogP contribution is 2.31. The van der Waals surface area contributed by atoms with Crippen molar-refractivity contribution in [1.82, 2.24) is 4.90 Å². The summed E-state index contributed by atoms with van der Waals surface area (Å²) in [6.45, 7) is 5.73. The molecule has 114 valence electrons. The highest BCUT2D eigenvalue weighted by atomic mass is 35.5. The fourth-order valence-corrected chi connectivity index (χ4v) is 2.48. The minimum absolute atomic E-state index is 0.0809. The van der Waals surface area contributed by atoms with Crippen molar-refractivity contribution >= 4 is 23.7 Å². The fraction of sp³-hybridized carbons (Fsp3) is 0.467. The summed E-state index contributed by atoms with van der Waals surface area (Å²) in [5.74, 6) is -1.77. The lowest BCUT2D eigenvalue weighted by Crippen LogP contribution is -2.43. The van der Waals surface area contributed by atoms with Gasteiger partial charge in [0.2, 0.25) is 0 Å². The number of hydrogen-bond donors (Lipinski definition) is 1. The van der Waals surface area contributed by atoms with Crippen LogP contribution in [0.25, 0.3) is 0 Å². The lowest BCUT2D eigenvalue weighted by atomic mass is 9.90. The van der Waals surface area contributed by atoms with Gasteiger partial charge in [-0.15, -0.1) is 0 Å². The first kappa shape index (κ1) is 15.6. The highest BCUT2D eigenvalue weighted by Gasteiger charge is 2.34. The van der Waals surface area contributed by atoms with Crippen LogP contribution in [-0.2, 0) is 16.1 Å². The number of benzene rings is 1. The Morgan fingerprint density at radius 1 is 1.38 bits per heavy atom. The summed E-state index contributed by atoms with van der Waals surface area (Å²) in [6.07, 6.45) is -0.505. The van der Waals surface area contributed by atoms with E-state index >= 15 is 0 Å². The predicted molar refractivity (Wildman–Crippen MR) is 78.5 cm³/mol. The zero-order valence-electron chi connectivity index (χ0n) is 12.2. The van der Waals surface area contributed by atoms with Gasteiger partial charge in [0.25, 0.3) is 0 Å². The van der Waals surface area contributed by atoms with E-state index in [-0.39, 0.29) is 6.54 Å². The van der Waals surface area contributed by atoms with Gasteiger partial charge in [0.05, 0.1) is 5.92 Å². The van der Waals surface area contributed by atoms with Crippen LogP contribution in [0, 0.1) is 0 Å². The second-order valence-corrected chi connectivity index (χ2v) is 6.53. The Kier molecular flexibility index (Phi) is 4.14. The van der Waals surface area contributed by atoms with Crippen LogP contribution in [0.5, 0.6) is 0 Å². The van der Waals surface area contributed by atoms with Gasteiger partial charge in [-0.2, -0.15) is 0 Å². The maximum atomic E-state index is 12.1. The van der Waals surface area contributed by atoms with Crippen LogP contribution in [-0.4, -0.2) is 34.2 Å². The number of carbonyl (C=O) groups excluding carboxylic acids is 1. The van der Waals surface area contributed by atoms with Crippen molar-refractivity contribution in [3.63, 3.8) is 0 Å². The molecule has 0 fully saturated rings. The topological polar surface area (TPSA) is 66.8 Å². The molecule has 0 aromatic heterocycles. The van der Waals surface area contributed by atoms with Gasteiger partial charge in [0.15, 0.2) is 0 Å². The van der Waals surface area contributed by atoms with Crippen LogP contribution in [0.3, 0.4) is 0 Å². The van der Waals surface area contributed by atoms with E-state index in [2.05, 4.69) is 0 Å². The molecule has 1 aliphatic heterocycles. The van der Waals surface area contributed by atoms with E-state index in [4.69, 9.17) is 16.3 Å². The second kappa shape index (κ2) is 5.56. The molecule has 0 radical (unpaired) electrons. The van der Waals surface area contributed by atoms with Crippen LogP contribution in [0.15, 0.2) is 18.2 Å². The maximum Gasteiger partial charge on any atom is 0.410 e. The Hall–Kier alpha value is -1.75. The van der Waals surface area contributed by atoms with Crippen molar-refractivity contribution in [3.8, 4) is 0 Å². The van der Waals surface area contributed by atoms with Gasteiger partial charge in [-0.25, -0.2) is 4.79 Å². The van der Waals surface area contributed by atoms with Gasteiger partial charge in [-0.3, -0.25) is 4.79 Å². The first-order valence-corrected chi connectivity index (χ1v) is 7.04. The molecule has 1 aliphatic rings. The molecule has 21 heavy (non-hydrogen) atoms. The lowest BCUT2D eigenvalue weighted by Gasteiger charge is -2.34. The lowest BCUT2D eigenvalue weighted by molar-refractivity contribution is -0.139. The molecule has 0 spiro atoms. The van der Waals surface area contributed by atoms with Crippen molar-refractivity contribution < 1.29 is 19.4 Å². The number of carbonyl (C=O) groups is 2. The van der Waals surface area contributed by atoms with E-state index in [1.807, 2.05) is 0 Å². The van der Waals surface area contributed by atoms with Crippen LogP contribution in [0.2, 0.25) is 5.02 Å². The van der Waals surface area contributed by atoms with E-state index in [0.29, 0.717) is 17.1 Å². The Balaban J connectivity index is 2.29. The van der Waals surface area contributed by atoms with E-state index in [1.165, 1.54) is 4.90 Å². The van der Waals surface area contributed by atoms with Crippen LogP contribution >= 0.6 is 11.6 Å². The summed E-state index contributed by atoms with van der Waals surface area (Å²) in [5, 5.41) is 9.88. The smallest absolute Gasteiger partial charge is 0.410 e. The summed E-state index contributed by atoms with van der Waals surface area (Å²) < 4.78 is 5.31. The molecule has 2 rings (SSSR count). The van der Waals surface area contributed by atoms with Gasteiger partial charge in [-0.05, 0) is 44.0 Å². The van der Waals surface area contributed by atoms with Crippen molar-refractivity contribution in [2.24, 2.45) is 0 Å². The first-order valence-electron chi connectivity index (χ1n) is 6.66. The predicted octanol–water partition coefficient (Wildman–Crippen LogP) is 3.26. The van der Waals surface area contributed by atoms with E-state index in [0.717, 1.165) is 5.56 Å². The number of rotatable bonds is 1. The third-order valence-corrected chi connectivity index (χ3v) is 3.43. The van der Waals surface area contributed by atoms with Crippen molar-refractivity contribution in [2.75, 3.05) is 6.54 Å². The van der Waals surface area contributed by atoms with Crippen LogP contribution in [0.1, 0.15) is 37.8 Å². The minimum atomic E-state index is -0.980. The minimum Gasteiger partial charge on any atom is -0.481 e. The molecule has 0 saturated heterocycles. The number of amides is 1. The molecule has 1 aromatic rings. The average Bonchev–Trinajstić information content (AvgIpc) is 2.35. The Bertz CT molecular complexity index is 580. The highest BCUT2D eigenvalue weighted by molar-refractivity contribution is 6.30. The molecule has 1 unspecified atom stereocenters. The van der Waals surface area contributed by atoms with Gasteiger partial charge in [0.1, 0.15) is 5.60 Å². The normalized spacial score (nSPS) is 18.1. The quantitative estimate of drug-likeness (QED) is 0.864. The number of aliphatic carboxylic acids is 1. The molecule has 1 amide bonds. The largest absolute Gasteiger partial charge is 0.481 e. The van der Waals surface area contributed by atoms with Gasteiger partial charge in [0, 0.05) is 18.1 Å². The van der Waals surface area contributed by atoms with E-state index in [9.17, 15) is 14.7 Å². The monoisotopic (exact) mass is 311 g/mol. The van der Waals surface area contributed by atoms with Gasteiger partial charge >= 0.3 is 12.1 Å². The Morgan fingerprint density at radius 2 is 2.05 bits per heavy atom. The molecule has 1 atom stereocenters. The van der Waals surface area contributed by atoms with Crippen molar-refractivity contribution in [2.45, 2.75) is 38.8 Å². The van der Waals surface area contributed by atoms with Gasteiger partial charge in [-0.1, -0.05) is 17.7 Å². The molecule has 0 saturated carbocycles. The summed E-state index contributed by atoms with van der Waals surface area (Å²) in [5.41, 5.74) is 0.828. The molecule has 1 N–H and O–H groups in total. The number of carboxylic acids is 1. The molecule has 0 bridgehead atoms. The van der Waals surface area contributed by atoms with Crippen LogP contribution in [0.4, 0.5) is 4.79 Å². The molecule has 1 heterocycles. The number of halogens is 1. The number of fused-ring (bicyclic) bond motifs is 1. The molecule has 5 nitrogen and oxygen atoms in total. The number of ether oxygens (including phenoxy) is 1. The second-order valence-electron chi connectivity index (χ2n) is 6.09. The summed E-state index contributed by atoms with van der Waals surface area (Å²) in [4.78, 5) is 25.0.